The molecular weight excluding hydrogens is 410 g/mol. The summed E-state index contributed by atoms with van der Waals surface area (Å²) < 4.78 is 1.15. The Labute approximate surface area is 185 Å². The fraction of sp³-hybridized carbons (Fsp3) is 0.125. The third-order valence-electron chi connectivity index (χ3n) is 5.10. The first-order valence-electron chi connectivity index (χ1n) is 9.57. The molecule has 4 nitrogen and oxygen atoms in total. The standard InChI is InChI=1S/C24H21N3OS2/c1-14-11-12-17(13-15(14)2)22(28)27-24(29)26-19-9-6-7-18(16(19)3)23-25-20-8-4-5-10-21(20)30-23/h4-13H,1-3H3,(H2,26,27,28,29). The Morgan fingerprint density at radius 3 is 2.53 bits per heavy atom. The molecule has 0 bridgehead atoms. The lowest BCUT2D eigenvalue weighted by Crippen LogP contribution is -2.34. The zero-order chi connectivity index (χ0) is 21.3. The smallest absolute Gasteiger partial charge is 0.257 e. The number of amides is 1. The number of aryl methyl sites for hydroxylation is 2. The van der Waals surface area contributed by atoms with Crippen molar-refractivity contribution in [3.8, 4) is 10.6 Å². The van der Waals surface area contributed by atoms with Crippen molar-refractivity contribution in [3.63, 3.8) is 0 Å². The maximum absolute atomic E-state index is 12.5. The van der Waals surface area contributed by atoms with Crippen molar-refractivity contribution >= 4 is 50.5 Å². The number of carbonyl (C=O) groups excluding carboxylic acids is 1. The molecule has 30 heavy (non-hydrogen) atoms. The summed E-state index contributed by atoms with van der Waals surface area (Å²) in [6.07, 6.45) is 0. The van der Waals surface area contributed by atoms with Gasteiger partial charge in [0.2, 0.25) is 0 Å². The largest absolute Gasteiger partial charge is 0.332 e. The van der Waals surface area contributed by atoms with E-state index in [4.69, 9.17) is 17.2 Å². The summed E-state index contributed by atoms with van der Waals surface area (Å²) in [6.45, 7) is 6.03. The van der Waals surface area contributed by atoms with E-state index < -0.39 is 0 Å². The second-order valence-corrected chi connectivity index (χ2v) is 8.61. The SMILES string of the molecule is Cc1ccc(C(=O)NC(=S)Nc2cccc(-c3nc4ccccc4s3)c2C)cc1C. The van der Waals surface area contributed by atoms with E-state index in [9.17, 15) is 4.79 Å². The number of aromatic nitrogens is 1. The molecule has 2 N–H and O–H groups in total. The van der Waals surface area contributed by atoms with Crippen molar-refractivity contribution in [3.05, 3.63) is 82.9 Å². The predicted molar refractivity (Wildman–Crippen MR) is 129 cm³/mol. The molecule has 150 valence electrons. The molecule has 1 heterocycles. The summed E-state index contributed by atoms with van der Waals surface area (Å²) in [5, 5.41) is 7.15. The molecule has 1 aromatic heterocycles. The van der Waals surface area contributed by atoms with Crippen LogP contribution in [-0.4, -0.2) is 16.0 Å². The molecule has 0 atom stereocenters. The van der Waals surface area contributed by atoms with Gasteiger partial charge in [-0.1, -0.05) is 30.3 Å². The first kappa shape index (κ1) is 20.2. The first-order valence-corrected chi connectivity index (χ1v) is 10.8. The van der Waals surface area contributed by atoms with Crippen molar-refractivity contribution in [2.24, 2.45) is 0 Å². The highest BCUT2D eigenvalue weighted by molar-refractivity contribution is 7.80. The number of carbonyl (C=O) groups is 1. The number of anilines is 1. The first-order chi connectivity index (χ1) is 14.4. The van der Waals surface area contributed by atoms with E-state index in [0.29, 0.717) is 5.56 Å². The van der Waals surface area contributed by atoms with E-state index in [1.54, 1.807) is 17.4 Å². The van der Waals surface area contributed by atoms with Gasteiger partial charge in [0.1, 0.15) is 5.01 Å². The number of thiazole rings is 1. The number of thiocarbonyl (C=S) groups is 1. The van der Waals surface area contributed by atoms with Crippen molar-refractivity contribution in [2.45, 2.75) is 20.8 Å². The molecule has 0 saturated carbocycles. The third kappa shape index (κ3) is 4.10. The number of rotatable bonds is 3. The summed E-state index contributed by atoms with van der Waals surface area (Å²) in [4.78, 5) is 17.3. The summed E-state index contributed by atoms with van der Waals surface area (Å²) in [6, 6.07) is 19.7. The second-order valence-electron chi connectivity index (χ2n) is 7.17. The molecule has 0 radical (unpaired) electrons. The average Bonchev–Trinajstić information content (AvgIpc) is 3.15. The van der Waals surface area contributed by atoms with Crippen molar-refractivity contribution in [1.82, 2.24) is 10.3 Å². The zero-order valence-electron chi connectivity index (χ0n) is 16.9. The average molecular weight is 432 g/mol. The molecule has 0 spiro atoms. The Balaban J connectivity index is 1.53. The Kier molecular flexibility index (Phi) is 5.61. The van der Waals surface area contributed by atoms with Crippen LogP contribution in [0.15, 0.2) is 60.7 Å². The highest BCUT2D eigenvalue weighted by atomic mass is 32.1. The van der Waals surface area contributed by atoms with Gasteiger partial charge in [0.25, 0.3) is 5.91 Å². The Morgan fingerprint density at radius 1 is 0.967 bits per heavy atom. The fourth-order valence-electron chi connectivity index (χ4n) is 3.20. The van der Waals surface area contributed by atoms with Crippen molar-refractivity contribution in [1.29, 1.82) is 0 Å². The molecule has 1 amide bonds. The minimum atomic E-state index is -0.226. The number of nitrogens with zero attached hydrogens (tertiary/aromatic N) is 1. The third-order valence-corrected chi connectivity index (χ3v) is 6.38. The molecule has 0 aliphatic carbocycles. The summed E-state index contributed by atoms with van der Waals surface area (Å²) in [7, 11) is 0. The van der Waals surface area contributed by atoms with E-state index >= 15 is 0 Å². The number of nitrogens with one attached hydrogen (secondary N) is 2. The Hall–Kier alpha value is -3.09. The molecule has 3 aromatic carbocycles. The molecule has 0 fully saturated rings. The van der Waals surface area contributed by atoms with E-state index in [2.05, 4.69) is 22.8 Å². The van der Waals surface area contributed by atoms with Crippen LogP contribution < -0.4 is 10.6 Å². The Bertz CT molecular complexity index is 1240. The van der Waals surface area contributed by atoms with Gasteiger partial charge in [-0.2, -0.15) is 0 Å². The molecule has 0 unspecified atom stereocenters. The molecule has 4 rings (SSSR count). The van der Waals surface area contributed by atoms with Gasteiger partial charge < -0.3 is 5.32 Å². The van der Waals surface area contributed by atoms with Crippen LogP contribution in [0, 0.1) is 20.8 Å². The van der Waals surface area contributed by atoms with Gasteiger partial charge in [0.15, 0.2) is 5.11 Å². The van der Waals surface area contributed by atoms with Gasteiger partial charge in [0, 0.05) is 16.8 Å². The maximum atomic E-state index is 12.5. The number of fused-ring (bicyclic) bond motifs is 1. The molecule has 0 aliphatic rings. The minimum absolute atomic E-state index is 0.226. The zero-order valence-corrected chi connectivity index (χ0v) is 18.6. The van der Waals surface area contributed by atoms with E-state index in [0.717, 1.165) is 43.2 Å². The van der Waals surface area contributed by atoms with Crippen LogP contribution in [0.2, 0.25) is 0 Å². The van der Waals surface area contributed by atoms with Gasteiger partial charge in [-0.05, 0) is 80.0 Å². The van der Waals surface area contributed by atoms with Crippen molar-refractivity contribution < 1.29 is 4.79 Å². The van der Waals surface area contributed by atoms with Gasteiger partial charge in [-0.25, -0.2) is 4.98 Å². The van der Waals surface area contributed by atoms with Crippen molar-refractivity contribution in [2.75, 3.05) is 5.32 Å². The van der Waals surface area contributed by atoms with E-state index in [1.165, 1.54) is 0 Å². The number of hydrogen-bond acceptors (Lipinski definition) is 4. The van der Waals surface area contributed by atoms with Gasteiger partial charge >= 0.3 is 0 Å². The highest BCUT2D eigenvalue weighted by Gasteiger charge is 2.13. The van der Waals surface area contributed by atoms with E-state index in [1.807, 2.05) is 63.2 Å². The van der Waals surface area contributed by atoms with Gasteiger partial charge in [-0.3, -0.25) is 10.1 Å². The number of hydrogen-bond donors (Lipinski definition) is 2. The van der Waals surface area contributed by atoms with E-state index in [-0.39, 0.29) is 11.0 Å². The number of benzene rings is 3. The number of para-hydroxylation sites is 1. The monoisotopic (exact) mass is 431 g/mol. The second kappa shape index (κ2) is 8.34. The summed E-state index contributed by atoms with van der Waals surface area (Å²) in [5.41, 5.74) is 6.71. The van der Waals surface area contributed by atoms with Gasteiger partial charge in [-0.15, -0.1) is 11.3 Å². The van der Waals surface area contributed by atoms with Crippen LogP contribution in [0.4, 0.5) is 5.69 Å². The van der Waals surface area contributed by atoms with Crippen LogP contribution in [-0.2, 0) is 0 Å². The highest BCUT2D eigenvalue weighted by Crippen LogP contribution is 2.34. The topological polar surface area (TPSA) is 54.0 Å². The lowest BCUT2D eigenvalue weighted by molar-refractivity contribution is 0.0977. The van der Waals surface area contributed by atoms with Crippen LogP contribution in [0.5, 0.6) is 0 Å². The Morgan fingerprint density at radius 2 is 1.77 bits per heavy atom. The molecule has 0 saturated heterocycles. The normalized spacial score (nSPS) is 10.8. The minimum Gasteiger partial charge on any atom is -0.332 e. The lowest BCUT2D eigenvalue weighted by Gasteiger charge is -2.14. The fourth-order valence-corrected chi connectivity index (χ4v) is 4.45. The predicted octanol–water partition coefficient (Wildman–Crippen LogP) is 6.02. The summed E-state index contributed by atoms with van der Waals surface area (Å²) >= 11 is 7.05. The molecular formula is C24H21N3OS2. The quantitative estimate of drug-likeness (QED) is 0.390. The van der Waals surface area contributed by atoms with Crippen LogP contribution in [0.1, 0.15) is 27.0 Å². The lowest BCUT2D eigenvalue weighted by atomic mass is 10.1. The van der Waals surface area contributed by atoms with Crippen LogP contribution in [0.3, 0.4) is 0 Å². The van der Waals surface area contributed by atoms with Gasteiger partial charge in [0.05, 0.1) is 10.2 Å². The van der Waals surface area contributed by atoms with Crippen LogP contribution in [0.25, 0.3) is 20.8 Å². The molecule has 6 heteroatoms. The maximum Gasteiger partial charge on any atom is 0.257 e. The molecule has 4 aromatic rings. The molecule has 0 aliphatic heterocycles. The summed E-state index contributed by atoms with van der Waals surface area (Å²) in [5.74, 6) is -0.226. The van der Waals surface area contributed by atoms with Crippen LogP contribution >= 0.6 is 23.6 Å².